The van der Waals surface area contributed by atoms with Crippen LogP contribution in [-0.4, -0.2) is 20.5 Å². The molecule has 0 atom stereocenters. The highest BCUT2D eigenvalue weighted by Gasteiger charge is 2.18. The summed E-state index contributed by atoms with van der Waals surface area (Å²) in [6.45, 7) is 6.76. The summed E-state index contributed by atoms with van der Waals surface area (Å²) < 4.78 is 2.86. The molecule has 102 valence electrons. The van der Waals surface area contributed by atoms with Gasteiger partial charge in [0.1, 0.15) is 0 Å². The summed E-state index contributed by atoms with van der Waals surface area (Å²) >= 11 is 5.00. The van der Waals surface area contributed by atoms with E-state index in [0.717, 1.165) is 33.8 Å². The first-order valence-corrected chi connectivity index (χ1v) is 7.87. The van der Waals surface area contributed by atoms with E-state index in [4.69, 9.17) is 0 Å². The van der Waals surface area contributed by atoms with Crippen molar-refractivity contribution in [2.75, 3.05) is 0 Å². The molecule has 2 heterocycles. The normalized spacial score (nSPS) is 10.9. The van der Waals surface area contributed by atoms with Crippen LogP contribution in [0.5, 0.6) is 0 Å². The quantitative estimate of drug-likeness (QED) is 0.783. The lowest BCUT2D eigenvalue weighted by molar-refractivity contribution is 0.0994. The fourth-order valence-electron chi connectivity index (χ4n) is 1.92. The molecule has 19 heavy (non-hydrogen) atoms. The van der Waals surface area contributed by atoms with Crippen molar-refractivity contribution in [2.45, 2.75) is 40.2 Å². The molecule has 2 rings (SSSR count). The fourth-order valence-corrected chi connectivity index (χ4v) is 3.34. The fraction of sp³-hybridized carbons (Fsp3) is 0.462. The number of ketones is 1. The summed E-state index contributed by atoms with van der Waals surface area (Å²) in [7, 11) is 0. The van der Waals surface area contributed by atoms with Crippen molar-refractivity contribution in [3.8, 4) is 0 Å². The van der Waals surface area contributed by atoms with Crippen LogP contribution < -0.4 is 0 Å². The number of Topliss-reactive ketones (excluding diaryl/α,β-unsaturated/α-hetero) is 1. The van der Waals surface area contributed by atoms with E-state index < -0.39 is 0 Å². The van der Waals surface area contributed by atoms with Gasteiger partial charge in [0.25, 0.3) is 0 Å². The van der Waals surface area contributed by atoms with E-state index in [1.54, 1.807) is 6.20 Å². The molecule has 0 aromatic carbocycles. The zero-order chi connectivity index (χ0) is 14.0. The van der Waals surface area contributed by atoms with Crippen molar-refractivity contribution in [3.05, 3.63) is 31.9 Å². The number of aromatic nitrogens is 3. The second-order valence-electron chi connectivity index (χ2n) is 4.22. The average Bonchev–Trinajstić information content (AvgIpc) is 2.95. The molecule has 0 N–H and O–H groups in total. The van der Waals surface area contributed by atoms with E-state index in [0.29, 0.717) is 11.3 Å². The standard InChI is InChI=1S/C13H16BrN3OS/c1-4-9-13(14)10(17(5-2)16-9)6-11(18)12-7-15-8(3)19-12/h7H,4-6H2,1-3H3. The highest BCUT2D eigenvalue weighted by Crippen LogP contribution is 2.24. The molecule has 4 nitrogen and oxygen atoms in total. The SMILES string of the molecule is CCc1nn(CC)c(CC(=O)c2cnc(C)s2)c1Br. The third-order valence-corrected chi connectivity index (χ3v) is 4.79. The van der Waals surface area contributed by atoms with E-state index >= 15 is 0 Å². The van der Waals surface area contributed by atoms with Gasteiger partial charge in [-0.2, -0.15) is 5.10 Å². The molecule has 0 saturated carbocycles. The first-order chi connectivity index (χ1) is 9.06. The van der Waals surface area contributed by atoms with Gasteiger partial charge in [0.05, 0.1) is 32.2 Å². The summed E-state index contributed by atoms with van der Waals surface area (Å²) in [4.78, 5) is 17.1. The summed E-state index contributed by atoms with van der Waals surface area (Å²) in [6.07, 6.45) is 2.88. The molecule has 0 bridgehead atoms. The third-order valence-electron chi connectivity index (χ3n) is 2.92. The van der Waals surface area contributed by atoms with Gasteiger partial charge in [-0.15, -0.1) is 11.3 Å². The zero-order valence-electron chi connectivity index (χ0n) is 11.2. The Bertz CT molecular complexity index is 603. The first-order valence-electron chi connectivity index (χ1n) is 6.26. The van der Waals surface area contributed by atoms with Crippen LogP contribution in [0.3, 0.4) is 0 Å². The van der Waals surface area contributed by atoms with Crippen molar-refractivity contribution in [1.29, 1.82) is 0 Å². The molecule has 0 fully saturated rings. The lowest BCUT2D eigenvalue weighted by Crippen LogP contribution is -2.09. The van der Waals surface area contributed by atoms with E-state index in [1.807, 2.05) is 18.5 Å². The van der Waals surface area contributed by atoms with E-state index in [1.165, 1.54) is 11.3 Å². The van der Waals surface area contributed by atoms with Gasteiger partial charge in [0, 0.05) is 12.7 Å². The Morgan fingerprint density at radius 3 is 2.74 bits per heavy atom. The number of hydrogen-bond donors (Lipinski definition) is 0. The largest absolute Gasteiger partial charge is 0.293 e. The Labute approximate surface area is 125 Å². The maximum absolute atomic E-state index is 12.3. The minimum absolute atomic E-state index is 0.101. The molecule has 0 spiro atoms. The second kappa shape index (κ2) is 5.96. The second-order valence-corrected chi connectivity index (χ2v) is 6.25. The lowest BCUT2D eigenvalue weighted by Gasteiger charge is -2.03. The summed E-state index contributed by atoms with van der Waals surface area (Å²) in [5.41, 5.74) is 1.96. The summed E-state index contributed by atoms with van der Waals surface area (Å²) in [5.74, 6) is 0.101. The number of rotatable bonds is 5. The Hall–Kier alpha value is -1.01. The number of carbonyl (C=O) groups excluding carboxylic acids is 1. The van der Waals surface area contributed by atoms with Crippen molar-refractivity contribution >= 4 is 33.0 Å². The smallest absolute Gasteiger partial charge is 0.180 e. The topological polar surface area (TPSA) is 47.8 Å². The van der Waals surface area contributed by atoms with Crippen molar-refractivity contribution in [3.63, 3.8) is 0 Å². The highest BCUT2D eigenvalue weighted by atomic mass is 79.9. The minimum atomic E-state index is 0.101. The first kappa shape index (κ1) is 14.4. The van der Waals surface area contributed by atoms with Crippen LogP contribution >= 0.6 is 27.3 Å². The van der Waals surface area contributed by atoms with Gasteiger partial charge in [-0.05, 0) is 36.2 Å². The minimum Gasteiger partial charge on any atom is -0.293 e. The number of thiazole rings is 1. The molecule has 0 aliphatic heterocycles. The molecule has 0 saturated heterocycles. The molecule has 0 amide bonds. The van der Waals surface area contributed by atoms with E-state index in [-0.39, 0.29) is 5.78 Å². The predicted octanol–water partition coefficient (Wildman–Crippen LogP) is 3.42. The van der Waals surface area contributed by atoms with Crippen LogP contribution in [0.25, 0.3) is 0 Å². The monoisotopic (exact) mass is 341 g/mol. The number of hydrogen-bond acceptors (Lipinski definition) is 4. The van der Waals surface area contributed by atoms with Gasteiger partial charge >= 0.3 is 0 Å². The van der Waals surface area contributed by atoms with Crippen LogP contribution in [0, 0.1) is 6.92 Å². The molecule has 0 radical (unpaired) electrons. The van der Waals surface area contributed by atoms with E-state index in [9.17, 15) is 4.79 Å². The van der Waals surface area contributed by atoms with Gasteiger partial charge in [-0.3, -0.25) is 9.48 Å². The maximum atomic E-state index is 12.3. The van der Waals surface area contributed by atoms with Gasteiger partial charge in [-0.25, -0.2) is 4.98 Å². The molecule has 0 unspecified atom stereocenters. The van der Waals surface area contributed by atoms with Crippen molar-refractivity contribution < 1.29 is 4.79 Å². The van der Waals surface area contributed by atoms with Gasteiger partial charge in [-0.1, -0.05) is 6.92 Å². The number of aryl methyl sites for hydroxylation is 3. The number of nitrogens with zero attached hydrogens (tertiary/aromatic N) is 3. The van der Waals surface area contributed by atoms with Crippen molar-refractivity contribution in [2.24, 2.45) is 0 Å². The Morgan fingerprint density at radius 2 is 2.21 bits per heavy atom. The molecule has 2 aromatic heterocycles. The lowest BCUT2D eigenvalue weighted by atomic mass is 10.2. The number of halogens is 1. The van der Waals surface area contributed by atoms with E-state index in [2.05, 4.69) is 32.9 Å². The maximum Gasteiger partial charge on any atom is 0.180 e. The Kier molecular flexibility index (Phi) is 4.52. The average molecular weight is 342 g/mol. The van der Waals surface area contributed by atoms with Crippen LogP contribution in [0.15, 0.2) is 10.7 Å². The molecule has 6 heteroatoms. The van der Waals surface area contributed by atoms with Crippen LogP contribution in [0.1, 0.15) is 39.9 Å². The van der Waals surface area contributed by atoms with Crippen molar-refractivity contribution in [1.82, 2.24) is 14.8 Å². The van der Waals surface area contributed by atoms with Gasteiger partial charge < -0.3 is 0 Å². The molecule has 2 aromatic rings. The Morgan fingerprint density at radius 1 is 1.47 bits per heavy atom. The summed E-state index contributed by atoms with van der Waals surface area (Å²) in [6, 6.07) is 0. The van der Waals surface area contributed by atoms with Gasteiger partial charge in [0.15, 0.2) is 5.78 Å². The molecule has 0 aliphatic rings. The third kappa shape index (κ3) is 2.95. The number of carbonyl (C=O) groups is 1. The molecular formula is C13H16BrN3OS. The van der Waals surface area contributed by atoms with Crippen LogP contribution in [0.2, 0.25) is 0 Å². The highest BCUT2D eigenvalue weighted by molar-refractivity contribution is 9.10. The Balaban J connectivity index is 2.28. The zero-order valence-corrected chi connectivity index (χ0v) is 13.6. The van der Waals surface area contributed by atoms with Crippen LogP contribution in [0.4, 0.5) is 0 Å². The summed E-state index contributed by atoms with van der Waals surface area (Å²) in [5, 5.41) is 5.42. The van der Waals surface area contributed by atoms with Gasteiger partial charge in [0.2, 0.25) is 0 Å². The van der Waals surface area contributed by atoms with Crippen LogP contribution in [-0.2, 0) is 19.4 Å². The molecule has 0 aliphatic carbocycles. The predicted molar refractivity (Wildman–Crippen MR) is 79.9 cm³/mol. The molecular weight excluding hydrogens is 326 g/mol.